The van der Waals surface area contributed by atoms with Crippen LogP contribution in [0.15, 0.2) is 60.7 Å². The zero-order valence-corrected chi connectivity index (χ0v) is 17.8. The van der Waals surface area contributed by atoms with Gasteiger partial charge in [-0.2, -0.15) is 0 Å². The number of halogens is 2. The van der Waals surface area contributed by atoms with E-state index in [-0.39, 0.29) is 6.03 Å². The number of hydrogen-bond acceptors (Lipinski definition) is 4. The van der Waals surface area contributed by atoms with Gasteiger partial charge in [0.2, 0.25) is 0 Å². The van der Waals surface area contributed by atoms with Crippen LogP contribution >= 0.6 is 23.2 Å². The van der Waals surface area contributed by atoms with Crippen molar-refractivity contribution in [2.75, 3.05) is 31.1 Å². The quantitative estimate of drug-likeness (QED) is 0.647. The molecule has 8 heteroatoms. The largest absolute Gasteiger partial charge is 0.352 e. The predicted octanol–water partition coefficient (Wildman–Crippen LogP) is 4.48. The van der Waals surface area contributed by atoms with Crippen LogP contribution in [0.1, 0.15) is 5.56 Å². The number of rotatable bonds is 4. The molecule has 1 aliphatic heterocycles. The van der Waals surface area contributed by atoms with Crippen LogP contribution in [0.2, 0.25) is 10.0 Å². The maximum atomic E-state index is 12.4. The molecule has 6 nitrogen and oxygen atoms in total. The Labute approximate surface area is 185 Å². The van der Waals surface area contributed by atoms with E-state index < -0.39 is 0 Å². The molecule has 1 saturated heterocycles. The summed E-state index contributed by atoms with van der Waals surface area (Å²) in [5.41, 5.74) is 2.57. The first-order chi connectivity index (χ1) is 14.6. The molecule has 0 radical (unpaired) electrons. The lowest BCUT2D eigenvalue weighted by molar-refractivity contribution is 0.194. The van der Waals surface area contributed by atoms with Crippen LogP contribution in [-0.4, -0.2) is 47.3 Å². The van der Waals surface area contributed by atoms with E-state index in [1.807, 2.05) is 53.4 Å². The van der Waals surface area contributed by atoms with Gasteiger partial charge in [-0.05, 0) is 35.9 Å². The van der Waals surface area contributed by atoms with Crippen molar-refractivity contribution < 1.29 is 4.79 Å². The fraction of sp³-hybridized carbons (Fsp3) is 0.227. The van der Waals surface area contributed by atoms with Gasteiger partial charge in [0.25, 0.3) is 0 Å². The van der Waals surface area contributed by atoms with E-state index in [4.69, 9.17) is 23.2 Å². The summed E-state index contributed by atoms with van der Waals surface area (Å²) in [4.78, 5) is 16.4. The molecule has 0 bridgehead atoms. The number of amides is 2. The second kappa shape index (κ2) is 9.32. The van der Waals surface area contributed by atoms with Gasteiger partial charge < -0.3 is 15.1 Å². The fourth-order valence-corrected chi connectivity index (χ4v) is 3.86. The third-order valence-electron chi connectivity index (χ3n) is 5.03. The summed E-state index contributed by atoms with van der Waals surface area (Å²) in [7, 11) is 0. The topological polar surface area (TPSA) is 61.4 Å². The van der Waals surface area contributed by atoms with Crippen LogP contribution < -0.4 is 10.2 Å². The van der Waals surface area contributed by atoms with Gasteiger partial charge in [0.15, 0.2) is 5.82 Å². The highest BCUT2D eigenvalue weighted by Gasteiger charge is 2.22. The van der Waals surface area contributed by atoms with Crippen LogP contribution in [0, 0.1) is 0 Å². The first-order valence-corrected chi connectivity index (χ1v) is 10.5. The number of benzene rings is 2. The zero-order chi connectivity index (χ0) is 20.9. The zero-order valence-electron chi connectivity index (χ0n) is 16.3. The van der Waals surface area contributed by atoms with Crippen molar-refractivity contribution in [3.63, 3.8) is 0 Å². The summed E-state index contributed by atoms with van der Waals surface area (Å²) < 4.78 is 0. The normalized spacial score (nSPS) is 13.9. The number of urea groups is 1. The lowest BCUT2D eigenvalue weighted by Gasteiger charge is -2.35. The molecule has 3 aromatic rings. The lowest BCUT2D eigenvalue weighted by atomic mass is 10.1. The van der Waals surface area contributed by atoms with E-state index in [2.05, 4.69) is 20.4 Å². The maximum Gasteiger partial charge on any atom is 0.317 e. The Hall–Kier alpha value is -2.83. The van der Waals surface area contributed by atoms with Gasteiger partial charge in [0, 0.05) is 43.3 Å². The SMILES string of the molecule is O=C(NCc1ccccc1)N1CCN(c2ccc(-c3ccc(Cl)cc3Cl)nn2)CC1. The first-order valence-electron chi connectivity index (χ1n) is 9.71. The number of carbonyl (C=O) groups is 1. The van der Waals surface area contributed by atoms with Gasteiger partial charge in [-0.1, -0.05) is 53.5 Å². The van der Waals surface area contributed by atoms with Crippen molar-refractivity contribution in [3.05, 3.63) is 76.3 Å². The minimum atomic E-state index is -0.0442. The molecule has 0 saturated carbocycles. The number of hydrogen-bond donors (Lipinski definition) is 1. The Morgan fingerprint density at radius 3 is 2.37 bits per heavy atom. The monoisotopic (exact) mass is 441 g/mol. The molecule has 2 aromatic carbocycles. The van der Waals surface area contributed by atoms with E-state index in [1.165, 1.54) is 0 Å². The van der Waals surface area contributed by atoms with E-state index in [0.717, 1.165) is 16.9 Å². The Morgan fingerprint density at radius 2 is 1.70 bits per heavy atom. The summed E-state index contributed by atoms with van der Waals surface area (Å²) >= 11 is 12.2. The third-order valence-corrected chi connectivity index (χ3v) is 5.58. The van der Waals surface area contributed by atoms with Crippen LogP contribution in [0.4, 0.5) is 10.6 Å². The molecule has 0 aliphatic carbocycles. The second-order valence-electron chi connectivity index (χ2n) is 7.02. The molecular weight excluding hydrogens is 421 g/mol. The molecule has 0 unspecified atom stereocenters. The van der Waals surface area contributed by atoms with E-state index in [9.17, 15) is 4.79 Å². The maximum absolute atomic E-state index is 12.4. The van der Waals surface area contributed by atoms with Gasteiger partial charge in [-0.25, -0.2) is 4.79 Å². The highest BCUT2D eigenvalue weighted by molar-refractivity contribution is 6.36. The molecule has 0 spiro atoms. The van der Waals surface area contributed by atoms with Gasteiger partial charge in [0.1, 0.15) is 0 Å². The summed E-state index contributed by atoms with van der Waals surface area (Å²) in [5, 5.41) is 12.8. The summed E-state index contributed by atoms with van der Waals surface area (Å²) in [6, 6.07) is 19.0. The van der Waals surface area contributed by atoms with Gasteiger partial charge in [-0.15, -0.1) is 10.2 Å². The van der Waals surface area contributed by atoms with Gasteiger partial charge in [-0.3, -0.25) is 0 Å². The van der Waals surface area contributed by atoms with Crippen LogP contribution in [0.3, 0.4) is 0 Å². The van der Waals surface area contributed by atoms with Crippen LogP contribution in [0.25, 0.3) is 11.3 Å². The summed E-state index contributed by atoms with van der Waals surface area (Å²) in [5.74, 6) is 0.785. The lowest BCUT2D eigenvalue weighted by Crippen LogP contribution is -2.51. The first kappa shape index (κ1) is 20.4. The molecule has 0 atom stereocenters. The molecule has 4 rings (SSSR count). The van der Waals surface area contributed by atoms with Crippen molar-refractivity contribution in [1.29, 1.82) is 0 Å². The molecule has 2 heterocycles. The Morgan fingerprint density at radius 1 is 0.933 bits per heavy atom. The van der Waals surface area contributed by atoms with E-state index in [0.29, 0.717) is 48.5 Å². The molecule has 30 heavy (non-hydrogen) atoms. The van der Waals surface area contributed by atoms with Crippen molar-refractivity contribution >= 4 is 35.1 Å². The Balaban J connectivity index is 1.32. The Bertz CT molecular complexity index is 1010. The van der Waals surface area contributed by atoms with Crippen molar-refractivity contribution in [2.24, 2.45) is 0 Å². The minimum absolute atomic E-state index is 0.0442. The van der Waals surface area contributed by atoms with Crippen molar-refractivity contribution in [1.82, 2.24) is 20.4 Å². The summed E-state index contributed by atoms with van der Waals surface area (Å²) in [6.45, 7) is 3.20. The standard InChI is InChI=1S/C22H21Cl2N5O/c23-17-6-7-18(19(24)14-17)20-8-9-21(27-26-20)28-10-12-29(13-11-28)22(30)25-15-16-4-2-1-3-5-16/h1-9,14H,10-13,15H2,(H,25,30). The Kier molecular flexibility index (Phi) is 6.35. The highest BCUT2D eigenvalue weighted by Crippen LogP contribution is 2.29. The molecule has 154 valence electrons. The van der Waals surface area contributed by atoms with E-state index >= 15 is 0 Å². The number of aromatic nitrogens is 2. The number of nitrogens with zero attached hydrogens (tertiary/aromatic N) is 4. The minimum Gasteiger partial charge on any atom is -0.352 e. The average molecular weight is 442 g/mol. The molecule has 2 amide bonds. The van der Waals surface area contributed by atoms with Crippen molar-refractivity contribution in [2.45, 2.75) is 6.54 Å². The summed E-state index contributed by atoms with van der Waals surface area (Å²) in [6.07, 6.45) is 0. The van der Waals surface area contributed by atoms with E-state index in [1.54, 1.807) is 12.1 Å². The van der Waals surface area contributed by atoms with Crippen LogP contribution in [-0.2, 0) is 6.54 Å². The number of carbonyl (C=O) groups excluding carboxylic acids is 1. The fourth-order valence-electron chi connectivity index (χ4n) is 3.36. The molecule has 1 N–H and O–H groups in total. The molecular formula is C22H21Cl2N5O. The molecule has 1 aliphatic rings. The number of piperazine rings is 1. The average Bonchev–Trinajstić information content (AvgIpc) is 2.78. The van der Waals surface area contributed by atoms with Gasteiger partial charge >= 0.3 is 6.03 Å². The molecule has 1 aromatic heterocycles. The van der Waals surface area contributed by atoms with Crippen molar-refractivity contribution in [3.8, 4) is 11.3 Å². The van der Waals surface area contributed by atoms with Gasteiger partial charge in [0.05, 0.1) is 10.7 Å². The highest BCUT2D eigenvalue weighted by atomic mass is 35.5. The number of nitrogens with one attached hydrogen (secondary N) is 1. The number of anilines is 1. The predicted molar refractivity (Wildman–Crippen MR) is 120 cm³/mol. The smallest absolute Gasteiger partial charge is 0.317 e. The second-order valence-corrected chi connectivity index (χ2v) is 7.86. The third kappa shape index (κ3) is 4.83. The van der Waals surface area contributed by atoms with Crippen LogP contribution in [0.5, 0.6) is 0 Å². The molecule has 1 fully saturated rings.